The van der Waals surface area contributed by atoms with E-state index >= 15 is 0 Å². The maximum absolute atomic E-state index is 12.3. The van der Waals surface area contributed by atoms with Crippen molar-refractivity contribution in [3.05, 3.63) is 0 Å². The molecule has 122 valence electrons. The summed E-state index contributed by atoms with van der Waals surface area (Å²) in [6, 6.07) is 0.602. The Balaban J connectivity index is 1.83. The van der Waals surface area contributed by atoms with E-state index in [0.717, 1.165) is 39.1 Å². The Morgan fingerprint density at radius 2 is 1.90 bits per heavy atom. The molecule has 0 aromatic rings. The van der Waals surface area contributed by atoms with Gasteiger partial charge in [-0.25, -0.2) is 0 Å². The molecule has 1 N–H and O–H groups in total. The van der Waals surface area contributed by atoms with Crippen LogP contribution in [0, 0.1) is 5.41 Å². The molecule has 0 aromatic heterocycles. The van der Waals surface area contributed by atoms with Crippen molar-refractivity contribution in [1.82, 2.24) is 9.80 Å². The molecule has 0 bridgehead atoms. The smallest absolute Gasteiger partial charge is 0.223 e. The Morgan fingerprint density at radius 1 is 1.24 bits per heavy atom. The Labute approximate surface area is 128 Å². The number of rotatable bonds is 3. The standard InChI is InChI=1S/C16H30N2O3/c1-16(2,3)10-15(20)17-6-4-13(5-7-17)18-8-9-21-12-14(18)11-19/h13-14,19H,4-12H2,1-3H3/t14-/m0/s1. The van der Waals surface area contributed by atoms with Gasteiger partial charge in [0.2, 0.25) is 5.91 Å². The van der Waals surface area contributed by atoms with Gasteiger partial charge in [-0.05, 0) is 18.3 Å². The lowest BCUT2D eigenvalue weighted by Gasteiger charge is -2.44. The molecule has 21 heavy (non-hydrogen) atoms. The van der Waals surface area contributed by atoms with Gasteiger partial charge >= 0.3 is 0 Å². The second-order valence-corrected chi connectivity index (χ2v) is 7.50. The molecular weight excluding hydrogens is 268 g/mol. The first kappa shape index (κ1) is 16.7. The molecule has 2 rings (SSSR count). The van der Waals surface area contributed by atoms with E-state index in [1.807, 2.05) is 4.90 Å². The molecule has 2 aliphatic heterocycles. The van der Waals surface area contributed by atoms with E-state index in [-0.39, 0.29) is 24.0 Å². The number of piperidine rings is 1. The van der Waals surface area contributed by atoms with E-state index in [1.165, 1.54) is 0 Å². The summed E-state index contributed by atoms with van der Waals surface area (Å²) in [4.78, 5) is 16.7. The predicted molar refractivity (Wildman–Crippen MR) is 82.1 cm³/mol. The first-order valence-electron chi connectivity index (χ1n) is 8.13. The molecule has 0 aromatic carbocycles. The summed E-state index contributed by atoms with van der Waals surface area (Å²) in [7, 11) is 0. The minimum atomic E-state index is 0.0557. The van der Waals surface area contributed by atoms with Crippen LogP contribution in [-0.4, -0.2) is 72.4 Å². The van der Waals surface area contributed by atoms with Crippen molar-refractivity contribution in [2.75, 3.05) is 39.5 Å². The highest BCUT2D eigenvalue weighted by atomic mass is 16.5. The SMILES string of the molecule is CC(C)(C)CC(=O)N1CCC(N2CCOC[C@@H]2CO)CC1. The van der Waals surface area contributed by atoms with Crippen molar-refractivity contribution < 1.29 is 14.6 Å². The molecule has 5 heteroatoms. The summed E-state index contributed by atoms with van der Waals surface area (Å²) in [6.07, 6.45) is 2.63. The summed E-state index contributed by atoms with van der Waals surface area (Å²) in [5, 5.41) is 9.47. The van der Waals surface area contributed by atoms with Crippen molar-refractivity contribution in [3.8, 4) is 0 Å². The molecule has 0 aliphatic carbocycles. The molecule has 5 nitrogen and oxygen atoms in total. The van der Waals surface area contributed by atoms with Crippen LogP contribution in [0.3, 0.4) is 0 Å². The molecule has 2 aliphatic rings. The maximum Gasteiger partial charge on any atom is 0.223 e. The van der Waals surface area contributed by atoms with Gasteiger partial charge in [-0.3, -0.25) is 9.69 Å². The first-order chi connectivity index (χ1) is 9.90. The number of carbonyl (C=O) groups is 1. The summed E-state index contributed by atoms with van der Waals surface area (Å²) in [6.45, 7) is 10.4. The van der Waals surface area contributed by atoms with Gasteiger partial charge in [0.05, 0.1) is 25.9 Å². The quantitative estimate of drug-likeness (QED) is 0.848. The van der Waals surface area contributed by atoms with E-state index in [4.69, 9.17) is 4.74 Å². The lowest BCUT2D eigenvalue weighted by Crippen LogP contribution is -2.55. The number of nitrogens with zero attached hydrogens (tertiary/aromatic N) is 2. The molecule has 0 unspecified atom stereocenters. The Morgan fingerprint density at radius 3 is 2.48 bits per heavy atom. The predicted octanol–water partition coefficient (Wildman–Crippen LogP) is 1.11. The average Bonchev–Trinajstić information content (AvgIpc) is 2.45. The van der Waals surface area contributed by atoms with Gasteiger partial charge in [-0.1, -0.05) is 20.8 Å². The highest BCUT2D eigenvalue weighted by Crippen LogP contribution is 2.24. The van der Waals surface area contributed by atoms with E-state index in [9.17, 15) is 9.90 Å². The number of likely N-dealkylation sites (tertiary alicyclic amines) is 1. The Hall–Kier alpha value is -0.650. The van der Waals surface area contributed by atoms with Crippen molar-refractivity contribution in [1.29, 1.82) is 0 Å². The molecule has 2 fully saturated rings. The van der Waals surface area contributed by atoms with Gasteiger partial charge in [0.25, 0.3) is 0 Å². The Kier molecular flexibility index (Phi) is 5.63. The van der Waals surface area contributed by atoms with Crippen molar-refractivity contribution in [2.45, 2.75) is 52.1 Å². The highest BCUT2D eigenvalue weighted by Gasteiger charge is 2.33. The van der Waals surface area contributed by atoms with Crippen molar-refractivity contribution in [2.24, 2.45) is 5.41 Å². The third kappa shape index (κ3) is 4.66. The monoisotopic (exact) mass is 298 g/mol. The van der Waals surface area contributed by atoms with Gasteiger partial charge in [0, 0.05) is 32.1 Å². The average molecular weight is 298 g/mol. The largest absolute Gasteiger partial charge is 0.395 e. The summed E-state index contributed by atoms with van der Waals surface area (Å²) >= 11 is 0. The molecule has 0 saturated carbocycles. The highest BCUT2D eigenvalue weighted by molar-refractivity contribution is 5.76. The zero-order valence-corrected chi connectivity index (χ0v) is 13.7. The molecule has 0 spiro atoms. The van der Waals surface area contributed by atoms with E-state index < -0.39 is 0 Å². The number of aliphatic hydroxyl groups excluding tert-OH is 1. The molecule has 2 saturated heterocycles. The van der Waals surface area contributed by atoms with Crippen LogP contribution in [0.2, 0.25) is 0 Å². The van der Waals surface area contributed by atoms with E-state index in [0.29, 0.717) is 19.1 Å². The summed E-state index contributed by atoms with van der Waals surface area (Å²) < 4.78 is 5.44. The van der Waals surface area contributed by atoms with Crippen LogP contribution in [0.15, 0.2) is 0 Å². The lowest BCUT2D eigenvalue weighted by atomic mass is 9.91. The fourth-order valence-corrected chi connectivity index (χ4v) is 3.32. The van der Waals surface area contributed by atoms with Gasteiger partial charge in [0.1, 0.15) is 0 Å². The third-order valence-electron chi connectivity index (χ3n) is 4.45. The fraction of sp³-hybridized carbons (Fsp3) is 0.938. The van der Waals surface area contributed by atoms with Crippen LogP contribution >= 0.6 is 0 Å². The topological polar surface area (TPSA) is 53.0 Å². The first-order valence-corrected chi connectivity index (χ1v) is 8.13. The zero-order valence-electron chi connectivity index (χ0n) is 13.7. The number of aliphatic hydroxyl groups is 1. The molecule has 0 radical (unpaired) electrons. The summed E-state index contributed by atoms with van der Waals surface area (Å²) in [5.74, 6) is 0.279. The van der Waals surface area contributed by atoms with Crippen LogP contribution in [-0.2, 0) is 9.53 Å². The van der Waals surface area contributed by atoms with Crippen LogP contribution in [0.25, 0.3) is 0 Å². The lowest BCUT2D eigenvalue weighted by molar-refractivity contribution is -0.135. The van der Waals surface area contributed by atoms with Crippen molar-refractivity contribution >= 4 is 5.91 Å². The number of hydrogen-bond donors (Lipinski definition) is 1. The zero-order chi connectivity index (χ0) is 15.5. The molecule has 2 heterocycles. The second kappa shape index (κ2) is 7.07. The number of amides is 1. The summed E-state index contributed by atoms with van der Waals surface area (Å²) in [5.41, 5.74) is 0.0557. The molecule has 1 amide bonds. The number of hydrogen-bond acceptors (Lipinski definition) is 4. The van der Waals surface area contributed by atoms with E-state index in [1.54, 1.807) is 0 Å². The van der Waals surface area contributed by atoms with E-state index in [2.05, 4.69) is 25.7 Å². The van der Waals surface area contributed by atoms with Crippen LogP contribution in [0.5, 0.6) is 0 Å². The van der Waals surface area contributed by atoms with Gasteiger partial charge in [0.15, 0.2) is 0 Å². The Bertz CT molecular complexity index is 346. The number of carbonyl (C=O) groups excluding carboxylic acids is 1. The minimum Gasteiger partial charge on any atom is -0.395 e. The van der Waals surface area contributed by atoms with Crippen LogP contribution < -0.4 is 0 Å². The second-order valence-electron chi connectivity index (χ2n) is 7.50. The number of morpholine rings is 1. The van der Waals surface area contributed by atoms with Gasteiger partial charge < -0.3 is 14.7 Å². The van der Waals surface area contributed by atoms with Crippen LogP contribution in [0.4, 0.5) is 0 Å². The third-order valence-corrected chi connectivity index (χ3v) is 4.45. The van der Waals surface area contributed by atoms with Crippen molar-refractivity contribution in [3.63, 3.8) is 0 Å². The number of ether oxygens (including phenoxy) is 1. The maximum atomic E-state index is 12.3. The fourth-order valence-electron chi connectivity index (χ4n) is 3.32. The van der Waals surface area contributed by atoms with Gasteiger partial charge in [-0.15, -0.1) is 0 Å². The molecular formula is C16H30N2O3. The minimum absolute atomic E-state index is 0.0557. The normalized spacial score (nSPS) is 26.1. The molecule has 1 atom stereocenters. The van der Waals surface area contributed by atoms with Gasteiger partial charge in [-0.2, -0.15) is 0 Å². The van der Waals surface area contributed by atoms with Crippen LogP contribution in [0.1, 0.15) is 40.0 Å².